The number of methoxy groups -OCH3 is 1. The first-order chi connectivity index (χ1) is 30.2. The van der Waals surface area contributed by atoms with Crippen LogP contribution >= 0.6 is 11.8 Å². The highest BCUT2D eigenvalue weighted by Gasteiger charge is 2.35. The predicted molar refractivity (Wildman–Crippen MR) is 267 cm³/mol. The van der Waals surface area contributed by atoms with E-state index < -0.39 is 0 Å². The maximum Gasteiger partial charge on any atom is 0.214 e. The second-order valence-electron chi connectivity index (χ2n) is 19.7. The van der Waals surface area contributed by atoms with Crippen molar-refractivity contribution in [1.29, 1.82) is 0 Å². The van der Waals surface area contributed by atoms with E-state index in [1.807, 2.05) is 30.0 Å². The van der Waals surface area contributed by atoms with Crippen molar-refractivity contribution < 1.29 is 4.74 Å². The zero-order valence-electron chi connectivity index (χ0n) is 40.8. The smallest absolute Gasteiger partial charge is 0.214 e. The van der Waals surface area contributed by atoms with E-state index in [-0.39, 0.29) is 0 Å². The van der Waals surface area contributed by atoms with Gasteiger partial charge in [-0.05, 0) is 66.0 Å². The molecule has 1 aromatic carbocycles. The molecule has 0 spiro atoms. The molecule has 6 heteroatoms. The molecule has 5 nitrogen and oxygen atoms in total. The number of hydrogen-bond acceptors (Lipinski definition) is 5. The number of ether oxygens (including phenoxy) is 1. The minimum absolute atomic E-state index is 0.473. The first kappa shape index (κ1) is 53.9. The summed E-state index contributed by atoms with van der Waals surface area (Å²) in [6.07, 6.45) is 57.9. The summed E-state index contributed by atoms with van der Waals surface area (Å²) in [5, 5.41) is 13.2. The Balaban J connectivity index is 0.961. The van der Waals surface area contributed by atoms with Gasteiger partial charge in [0.05, 0.1) is 11.8 Å². The topological polar surface area (TPSA) is 52.8 Å². The van der Waals surface area contributed by atoms with Crippen molar-refractivity contribution in [2.75, 3.05) is 12.9 Å². The lowest BCUT2D eigenvalue weighted by atomic mass is 9.93. The summed E-state index contributed by atoms with van der Waals surface area (Å²) in [4.78, 5) is 0. The van der Waals surface area contributed by atoms with Crippen LogP contribution in [0, 0.1) is 17.8 Å². The summed E-state index contributed by atoms with van der Waals surface area (Å²) in [5.74, 6) is 3.94. The number of nitrogens with zero attached hydrogens (tertiary/aromatic N) is 4. The number of tetrazole rings is 1. The zero-order valence-corrected chi connectivity index (χ0v) is 41.6. The van der Waals surface area contributed by atoms with Crippen molar-refractivity contribution in [2.24, 2.45) is 17.8 Å². The zero-order chi connectivity index (χ0) is 43.1. The van der Waals surface area contributed by atoms with Gasteiger partial charge in [-0.1, -0.05) is 275 Å². The van der Waals surface area contributed by atoms with Gasteiger partial charge in [-0.3, -0.25) is 0 Å². The molecule has 1 fully saturated rings. The molecule has 3 rings (SSSR count). The highest BCUT2D eigenvalue weighted by atomic mass is 32.2. The average Bonchev–Trinajstić information content (AvgIpc) is 3.86. The Bertz CT molecular complexity index is 1210. The largest absolute Gasteiger partial charge is 0.381 e. The number of aromatic nitrogens is 4. The fraction of sp³-hybridized carbons (Fsp3) is 0.873. The molecular weight excluding hydrogens is 765 g/mol. The van der Waals surface area contributed by atoms with E-state index in [9.17, 15) is 0 Å². The lowest BCUT2D eigenvalue weighted by Crippen LogP contribution is -2.20. The van der Waals surface area contributed by atoms with Gasteiger partial charge < -0.3 is 4.74 Å². The van der Waals surface area contributed by atoms with E-state index in [1.165, 1.54) is 257 Å². The number of unbranched alkanes of at least 4 members (excludes halogenated alkanes) is 32. The van der Waals surface area contributed by atoms with Crippen molar-refractivity contribution in [2.45, 2.75) is 282 Å². The van der Waals surface area contributed by atoms with Gasteiger partial charge in [-0.15, -0.1) is 5.10 Å². The first-order valence-electron chi connectivity index (χ1n) is 27.2. The van der Waals surface area contributed by atoms with Gasteiger partial charge >= 0.3 is 0 Å². The minimum atomic E-state index is 0.473. The van der Waals surface area contributed by atoms with Gasteiger partial charge in [0.2, 0.25) is 5.16 Å². The Morgan fingerprint density at radius 3 is 1.41 bits per heavy atom. The Kier molecular flexibility index (Phi) is 34.5. The molecular formula is C55H100N4OS. The van der Waals surface area contributed by atoms with E-state index in [0.29, 0.717) is 12.0 Å². The van der Waals surface area contributed by atoms with Crippen LogP contribution in [0.15, 0.2) is 35.5 Å². The lowest BCUT2D eigenvalue weighted by molar-refractivity contribution is 0.0456. The van der Waals surface area contributed by atoms with Crippen LogP contribution in [0.25, 0.3) is 5.69 Å². The van der Waals surface area contributed by atoms with E-state index >= 15 is 0 Å². The molecule has 1 aliphatic carbocycles. The molecule has 4 atom stereocenters. The molecule has 0 aliphatic heterocycles. The van der Waals surface area contributed by atoms with E-state index in [4.69, 9.17) is 4.74 Å². The van der Waals surface area contributed by atoms with E-state index in [2.05, 4.69) is 41.5 Å². The van der Waals surface area contributed by atoms with Crippen LogP contribution in [-0.2, 0) is 4.74 Å². The quantitative estimate of drug-likeness (QED) is 0.0490. The third-order valence-electron chi connectivity index (χ3n) is 14.2. The molecule has 0 amide bonds. The molecule has 0 unspecified atom stereocenters. The molecule has 1 aromatic heterocycles. The maximum absolute atomic E-state index is 5.96. The number of benzene rings is 1. The van der Waals surface area contributed by atoms with E-state index in [0.717, 1.165) is 28.4 Å². The van der Waals surface area contributed by atoms with Crippen LogP contribution in [0.5, 0.6) is 0 Å². The second kappa shape index (κ2) is 39.0. The van der Waals surface area contributed by atoms with Gasteiger partial charge in [0.15, 0.2) is 0 Å². The molecule has 1 aliphatic rings. The van der Waals surface area contributed by atoms with Crippen molar-refractivity contribution in [3.63, 3.8) is 0 Å². The minimum Gasteiger partial charge on any atom is -0.381 e. The molecule has 352 valence electrons. The molecule has 61 heavy (non-hydrogen) atoms. The average molecular weight is 865 g/mol. The molecule has 0 saturated heterocycles. The van der Waals surface area contributed by atoms with Gasteiger partial charge in [0.25, 0.3) is 0 Å². The summed E-state index contributed by atoms with van der Waals surface area (Å²) in [5.41, 5.74) is 1.03. The van der Waals surface area contributed by atoms with Gasteiger partial charge in [-0.25, -0.2) is 0 Å². The summed E-state index contributed by atoms with van der Waals surface area (Å²) in [6.45, 7) is 4.75. The third-order valence-corrected chi connectivity index (χ3v) is 15.2. The molecule has 0 radical (unpaired) electrons. The summed E-state index contributed by atoms with van der Waals surface area (Å²) in [7, 11) is 1.95. The Morgan fingerprint density at radius 2 is 0.951 bits per heavy atom. The highest BCUT2D eigenvalue weighted by Crippen LogP contribution is 2.45. The van der Waals surface area contributed by atoms with Crippen LogP contribution in [0.4, 0.5) is 0 Å². The number of thioether (sulfide) groups is 1. The number of hydrogen-bond donors (Lipinski definition) is 0. The van der Waals surface area contributed by atoms with Crippen LogP contribution in [0.2, 0.25) is 0 Å². The summed E-state index contributed by atoms with van der Waals surface area (Å²) in [6, 6.07) is 10.2. The Labute approximate surface area is 383 Å². The van der Waals surface area contributed by atoms with Crippen molar-refractivity contribution in [3.8, 4) is 5.69 Å². The predicted octanol–water partition coefficient (Wildman–Crippen LogP) is 18.3. The van der Waals surface area contributed by atoms with Gasteiger partial charge in [0.1, 0.15) is 0 Å². The molecule has 0 N–H and O–H groups in total. The SMILES string of the molecule is CCCCCCCCCCCCCCCCCC[C@@H](C)[C@@H](CCCCCCCCCCCCCCCC[C@@H]1C[C@@H]1CCCCCCCSc1nnnn1-c1ccccc1)OC. The molecule has 1 saturated carbocycles. The second-order valence-corrected chi connectivity index (χ2v) is 20.8. The summed E-state index contributed by atoms with van der Waals surface area (Å²) >= 11 is 1.78. The Morgan fingerprint density at radius 1 is 0.541 bits per heavy atom. The number of para-hydroxylation sites is 1. The molecule has 1 heterocycles. The number of rotatable bonds is 46. The third kappa shape index (κ3) is 28.9. The summed E-state index contributed by atoms with van der Waals surface area (Å²) < 4.78 is 7.81. The first-order valence-corrected chi connectivity index (χ1v) is 28.2. The van der Waals surface area contributed by atoms with Crippen LogP contribution in [-0.4, -0.2) is 39.2 Å². The van der Waals surface area contributed by atoms with Gasteiger partial charge in [-0.2, -0.15) is 4.68 Å². The van der Waals surface area contributed by atoms with Crippen LogP contribution < -0.4 is 0 Å². The van der Waals surface area contributed by atoms with Crippen molar-refractivity contribution in [1.82, 2.24) is 20.2 Å². The fourth-order valence-corrected chi connectivity index (χ4v) is 10.8. The normalized spacial score (nSPS) is 16.0. The standard InChI is InChI=1S/C55H100N4OS/c1-4-5-6-7-8-9-10-11-12-13-16-19-22-25-29-35-42-50(2)54(60-3)47-40-32-27-24-21-18-15-14-17-20-23-26-30-36-43-51-49-52(51)44-37-31-28-33-41-48-61-55-56-57-58-59(55)53-45-38-34-39-46-53/h34,38-39,45-46,50-52,54H,4-33,35-37,40-44,47-49H2,1-3H3/t50-,51-,52+,54-/m1/s1. The Hall–Kier alpha value is -1.40. The monoisotopic (exact) mass is 865 g/mol. The van der Waals surface area contributed by atoms with E-state index in [1.54, 1.807) is 11.8 Å². The van der Waals surface area contributed by atoms with Crippen LogP contribution in [0.1, 0.15) is 271 Å². The fourth-order valence-electron chi connectivity index (χ4n) is 9.93. The highest BCUT2D eigenvalue weighted by molar-refractivity contribution is 7.99. The van der Waals surface area contributed by atoms with Gasteiger partial charge in [0, 0.05) is 12.9 Å². The van der Waals surface area contributed by atoms with Crippen LogP contribution in [0.3, 0.4) is 0 Å². The molecule has 0 bridgehead atoms. The van der Waals surface area contributed by atoms with Crippen molar-refractivity contribution in [3.05, 3.63) is 30.3 Å². The molecule has 2 aromatic rings. The maximum atomic E-state index is 5.96. The lowest BCUT2D eigenvalue weighted by Gasteiger charge is -2.22. The van der Waals surface area contributed by atoms with Crippen molar-refractivity contribution >= 4 is 11.8 Å².